The Morgan fingerprint density at radius 2 is 1.55 bits per heavy atom. The normalized spacial score (nSPS) is 14.4. The van der Waals surface area contributed by atoms with Gasteiger partial charge in [-0.25, -0.2) is 0 Å². The second-order valence-electron chi connectivity index (χ2n) is 6.86. The maximum Gasteiger partial charge on any atom is 0.155 e. The molecule has 0 saturated carbocycles. The zero-order valence-electron chi connectivity index (χ0n) is 15.5. The van der Waals surface area contributed by atoms with E-state index in [1.807, 2.05) is 0 Å². The molecule has 0 aliphatic rings. The Hall–Kier alpha value is -0.860. The van der Waals surface area contributed by atoms with Gasteiger partial charge in [0.2, 0.25) is 0 Å². The molecule has 128 valence electrons. The average Bonchev–Trinajstić information content (AvgIpc) is 2.37. The van der Waals surface area contributed by atoms with Gasteiger partial charge in [-0.1, -0.05) is 41.9 Å². The van der Waals surface area contributed by atoms with Crippen LogP contribution in [0, 0.1) is 5.92 Å². The molecule has 0 saturated heterocycles. The van der Waals surface area contributed by atoms with Crippen LogP contribution in [0.1, 0.15) is 73.6 Å². The number of allylic oxidation sites excluding steroid dienone is 5. The number of aliphatic hydroxyl groups is 1. The Balaban J connectivity index is 3.85. The van der Waals surface area contributed by atoms with Gasteiger partial charge in [-0.3, -0.25) is 0 Å². The molecule has 1 N–H and O–H groups in total. The highest BCUT2D eigenvalue weighted by molar-refractivity contribution is 5.02. The smallest absolute Gasteiger partial charge is 0.155 e. The molecule has 0 aromatic heterocycles. The number of hydrogen-bond donors (Lipinski definition) is 1. The fraction of sp³-hybridized carbons (Fsp3) is 0.700. The van der Waals surface area contributed by atoms with Crippen molar-refractivity contribution in [2.24, 2.45) is 5.92 Å². The molecule has 2 atom stereocenters. The Morgan fingerprint density at radius 1 is 0.955 bits per heavy atom. The monoisotopic (exact) mass is 308 g/mol. The van der Waals surface area contributed by atoms with E-state index in [9.17, 15) is 5.11 Å². The number of rotatable bonds is 11. The van der Waals surface area contributed by atoms with Crippen LogP contribution >= 0.6 is 0 Å². The largest absolute Gasteiger partial charge is 0.368 e. The first-order valence-corrected chi connectivity index (χ1v) is 8.53. The van der Waals surface area contributed by atoms with Crippen LogP contribution in [0.25, 0.3) is 0 Å². The van der Waals surface area contributed by atoms with Crippen LogP contribution < -0.4 is 0 Å². The van der Waals surface area contributed by atoms with Crippen molar-refractivity contribution in [3.05, 3.63) is 34.9 Å². The molecule has 22 heavy (non-hydrogen) atoms. The zero-order chi connectivity index (χ0) is 17.0. The molecule has 0 spiro atoms. The molecule has 0 heterocycles. The summed E-state index contributed by atoms with van der Waals surface area (Å²) in [7, 11) is 0. The lowest BCUT2D eigenvalue weighted by atomic mass is 10.0. The SMILES string of the molecule is CC(C)=CCC/C(C)=C/COC(O)CC(C)CCC=C(C)C. The van der Waals surface area contributed by atoms with Gasteiger partial charge in [0, 0.05) is 6.42 Å². The van der Waals surface area contributed by atoms with E-state index in [1.165, 1.54) is 16.7 Å². The number of hydrogen-bond acceptors (Lipinski definition) is 2. The summed E-state index contributed by atoms with van der Waals surface area (Å²) in [5, 5.41) is 9.91. The molecular formula is C20H36O2. The van der Waals surface area contributed by atoms with Crippen molar-refractivity contribution < 1.29 is 9.84 Å². The van der Waals surface area contributed by atoms with Crippen molar-refractivity contribution in [1.29, 1.82) is 0 Å². The van der Waals surface area contributed by atoms with Gasteiger partial charge >= 0.3 is 0 Å². The summed E-state index contributed by atoms with van der Waals surface area (Å²) in [6, 6.07) is 0. The van der Waals surface area contributed by atoms with Crippen LogP contribution in [0.15, 0.2) is 34.9 Å². The zero-order valence-corrected chi connectivity index (χ0v) is 15.5. The summed E-state index contributed by atoms with van der Waals surface area (Å²) in [5.74, 6) is 0.480. The van der Waals surface area contributed by atoms with Crippen LogP contribution in [0.2, 0.25) is 0 Å². The molecule has 2 heteroatoms. The van der Waals surface area contributed by atoms with Crippen LogP contribution in [0.3, 0.4) is 0 Å². The third kappa shape index (κ3) is 14.1. The molecular weight excluding hydrogens is 272 g/mol. The predicted molar refractivity (Wildman–Crippen MR) is 96.8 cm³/mol. The molecule has 2 nitrogen and oxygen atoms in total. The van der Waals surface area contributed by atoms with E-state index in [-0.39, 0.29) is 0 Å². The molecule has 0 radical (unpaired) electrons. The number of ether oxygens (including phenoxy) is 1. The van der Waals surface area contributed by atoms with Gasteiger partial charge in [0.05, 0.1) is 6.61 Å². The van der Waals surface area contributed by atoms with Gasteiger partial charge in [0.25, 0.3) is 0 Å². The molecule has 2 unspecified atom stereocenters. The minimum atomic E-state index is -0.650. The average molecular weight is 309 g/mol. The van der Waals surface area contributed by atoms with E-state index < -0.39 is 6.29 Å². The molecule has 0 aliphatic carbocycles. The Bertz CT molecular complexity index is 369. The standard InChI is InChI=1S/C20H36O2/c1-16(2)9-7-11-18(5)13-14-22-20(21)15-19(6)12-8-10-17(3)4/h9-10,13,19-21H,7-8,11-12,14-15H2,1-6H3/b18-13+. The van der Waals surface area contributed by atoms with Crippen molar-refractivity contribution in [3.8, 4) is 0 Å². The van der Waals surface area contributed by atoms with Crippen molar-refractivity contribution in [1.82, 2.24) is 0 Å². The van der Waals surface area contributed by atoms with Gasteiger partial charge in [-0.05, 0) is 66.2 Å². The Kier molecular flexibility index (Phi) is 12.2. The first kappa shape index (κ1) is 21.1. The van der Waals surface area contributed by atoms with E-state index in [1.54, 1.807) is 0 Å². The Morgan fingerprint density at radius 3 is 2.14 bits per heavy atom. The highest BCUT2D eigenvalue weighted by Gasteiger charge is 2.09. The van der Waals surface area contributed by atoms with Gasteiger partial charge in [-0.15, -0.1) is 0 Å². The van der Waals surface area contributed by atoms with Gasteiger partial charge in [0.15, 0.2) is 6.29 Å². The predicted octanol–water partition coefficient (Wildman–Crippen LogP) is 5.79. The van der Waals surface area contributed by atoms with Crippen molar-refractivity contribution in [3.63, 3.8) is 0 Å². The molecule has 0 fully saturated rings. The first-order chi connectivity index (χ1) is 10.3. The summed E-state index contributed by atoms with van der Waals surface area (Å²) < 4.78 is 5.49. The van der Waals surface area contributed by atoms with Crippen molar-refractivity contribution in [2.75, 3.05) is 6.61 Å². The summed E-state index contributed by atoms with van der Waals surface area (Å²) in [6.07, 6.45) is 11.0. The summed E-state index contributed by atoms with van der Waals surface area (Å²) in [5.41, 5.74) is 4.04. The van der Waals surface area contributed by atoms with Crippen LogP contribution in [0.4, 0.5) is 0 Å². The van der Waals surface area contributed by atoms with E-state index in [0.717, 1.165) is 25.7 Å². The molecule has 0 amide bonds. The topological polar surface area (TPSA) is 29.5 Å². The maximum atomic E-state index is 9.91. The summed E-state index contributed by atoms with van der Waals surface area (Å²) in [4.78, 5) is 0. The summed E-state index contributed by atoms with van der Waals surface area (Å²) in [6.45, 7) is 13.3. The molecule has 0 rings (SSSR count). The van der Waals surface area contributed by atoms with E-state index in [4.69, 9.17) is 4.74 Å². The van der Waals surface area contributed by atoms with E-state index in [2.05, 4.69) is 59.8 Å². The second kappa shape index (κ2) is 12.7. The fourth-order valence-electron chi connectivity index (χ4n) is 2.18. The third-order valence-corrected chi connectivity index (χ3v) is 3.63. The Labute approximate surface area is 138 Å². The molecule has 0 bridgehead atoms. The van der Waals surface area contributed by atoms with Gasteiger partial charge in [0.1, 0.15) is 0 Å². The molecule has 0 aromatic rings. The molecule has 0 aliphatic heterocycles. The second-order valence-corrected chi connectivity index (χ2v) is 6.86. The van der Waals surface area contributed by atoms with Gasteiger partial charge in [-0.2, -0.15) is 0 Å². The lowest BCUT2D eigenvalue weighted by molar-refractivity contribution is -0.101. The number of aliphatic hydroxyl groups excluding tert-OH is 1. The van der Waals surface area contributed by atoms with Crippen LogP contribution in [-0.2, 0) is 4.74 Å². The molecule has 0 aromatic carbocycles. The van der Waals surface area contributed by atoms with Crippen molar-refractivity contribution >= 4 is 0 Å². The van der Waals surface area contributed by atoms with Gasteiger partial charge < -0.3 is 9.84 Å². The summed E-state index contributed by atoms with van der Waals surface area (Å²) >= 11 is 0. The maximum absolute atomic E-state index is 9.91. The highest BCUT2D eigenvalue weighted by Crippen LogP contribution is 2.15. The third-order valence-electron chi connectivity index (χ3n) is 3.63. The van der Waals surface area contributed by atoms with Crippen LogP contribution in [0.5, 0.6) is 0 Å². The first-order valence-electron chi connectivity index (χ1n) is 8.53. The van der Waals surface area contributed by atoms with Crippen molar-refractivity contribution in [2.45, 2.75) is 79.9 Å². The lowest BCUT2D eigenvalue weighted by Gasteiger charge is -2.16. The minimum absolute atomic E-state index is 0.480. The lowest BCUT2D eigenvalue weighted by Crippen LogP contribution is -2.16. The van der Waals surface area contributed by atoms with E-state index >= 15 is 0 Å². The van der Waals surface area contributed by atoms with Crippen LogP contribution in [-0.4, -0.2) is 18.0 Å². The quantitative estimate of drug-likeness (QED) is 0.387. The highest BCUT2D eigenvalue weighted by atomic mass is 16.6. The minimum Gasteiger partial charge on any atom is -0.368 e. The van der Waals surface area contributed by atoms with E-state index in [0.29, 0.717) is 18.9 Å². The fourth-order valence-corrected chi connectivity index (χ4v) is 2.18.